The van der Waals surface area contributed by atoms with E-state index in [1.807, 2.05) is 0 Å². The van der Waals surface area contributed by atoms with Gasteiger partial charge in [0.05, 0.1) is 10.0 Å². The van der Waals surface area contributed by atoms with Crippen LogP contribution in [-0.2, 0) is 10.0 Å². The molecule has 1 aromatic carbocycles. The maximum Gasteiger partial charge on any atom is 0.266 e. The molecule has 0 spiro atoms. The van der Waals surface area contributed by atoms with E-state index in [0.717, 1.165) is 15.6 Å². The van der Waals surface area contributed by atoms with Gasteiger partial charge in [-0.15, -0.1) is 11.3 Å². The first-order valence-corrected chi connectivity index (χ1v) is 9.00. The van der Waals surface area contributed by atoms with Crippen LogP contribution in [-0.4, -0.2) is 20.5 Å². The van der Waals surface area contributed by atoms with E-state index in [4.69, 9.17) is 41.2 Å². The van der Waals surface area contributed by atoms with Gasteiger partial charge in [0.25, 0.3) is 10.0 Å². The van der Waals surface area contributed by atoms with Crippen LogP contribution in [0.5, 0.6) is 0 Å². The summed E-state index contributed by atoms with van der Waals surface area (Å²) < 4.78 is 26.8. The standard InChI is InChI=1S/C12H10Cl2N2O2S3/c1-16(8-5-3-2-4-7(8)12(15)19)21(17,18)9-6-10(13)20-11(9)14/h2-6H,1H3,(H2,15,19). The SMILES string of the molecule is CN(c1ccccc1C(N)=S)S(=O)(=O)c1cc(Cl)sc1Cl. The number of nitrogens with two attached hydrogens (primary N) is 1. The van der Waals surface area contributed by atoms with Gasteiger partial charge in [0, 0.05) is 12.6 Å². The molecule has 0 unspecified atom stereocenters. The van der Waals surface area contributed by atoms with Crippen molar-refractivity contribution in [3.63, 3.8) is 0 Å². The van der Waals surface area contributed by atoms with Gasteiger partial charge in [-0.25, -0.2) is 8.42 Å². The van der Waals surface area contributed by atoms with Gasteiger partial charge in [-0.3, -0.25) is 4.31 Å². The van der Waals surface area contributed by atoms with E-state index in [1.165, 1.54) is 13.1 Å². The van der Waals surface area contributed by atoms with E-state index < -0.39 is 10.0 Å². The first-order valence-electron chi connectivity index (χ1n) is 5.57. The summed E-state index contributed by atoms with van der Waals surface area (Å²) in [6.07, 6.45) is 0. The number of anilines is 1. The molecule has 112 valence electrons. The molecular weight excluding hydrogens is 371 g/mol. The highest BCUT2D eigenvalue weighted by molar-refractivity contribution is 7.93. The summed E-state index contributed by atoms with van der Waals surface area (Å²) in [6.45, 7) is 0. The Morgan fingerprint density at radius 1 is 1.33 bits per heavy atom. The molecule has 0 bridgehead atoms. The van der Waals surface area contributed by atoms with Crippen LogP contribution in [0.3, 0.4) is 0 Å². The summed E-state index contributed by atoms with van der Waals surface area (Å²) in [5, 5.41) is 0. The fourth-order valence-electron chi connectivity index (χ4n) is 1.73. The molecule has 4 nitrogen and oxygen atoms in total. The van der Waals surface area contributed by atoms with E-state index in [-0.39, 0.29) is 14.2 Å². The summed E-state index contributed by atoms with van der Waals surface area (Å²) >= 11 is 17.7. The lowest BCUT2D eigenvalue weighted by atomic mass is 10.2. The van der Waals surface area contributed by atoms with Gasteiger partial charge in [0.1, 0.15) is 14.2 Å². The van der Waals surface area contributed by atoms with Crippen LogP contribution < -0.4 is 10.0 Å². The second kappa shape index (κ2) is 6.10. The van der Waals surface area contributed by atoms with Crippen LogP contribution in [0.2, 0.25) is 8.67 Å². The van der Waals surface area contributed by atoms with Crippen LogP contribution >= 0.6 is 46.8 Å². The number of sulfonamides is 1. The van der Waals surface area contributed by atoms with Crippen molar-refractivity contribution < 1.29 is 8.42 Å². The molecule has 0 saturated heterocycles. The Bertz CT molecular complexity index is 803. The fraction of sp³-hybridized carbons (Fsp3) is 0.0833. The molecule has 2 aromatic rings. The van der Waals surface area contributed by atoms with E-state index >= 15 is 0 Å². The Labute approximate surface area is 142 Å². The van der Waals surface area contributed by atoms with Crippen LogP contribution in [0, 0.1) is 0 Å². The summed E-state index contributed by atoms with van der Waals surface area (Å²) in [5.74, 6) is 0. The molecular formula is C12H10Cl2N2O2S3. The number of hydrogen-bond acceptors (Lipinski definition) is 4. The molecule has 0 amide bonds. The molecule has 0 radical (unpaired) electrons. The first-order chi connectivity index (χ1) is 9.75. The lowest BCUT2D eigenvalue weighted by molar-refractivity contribution is 0.595. The third kappa shape index (κ3) is 3.17. The molecule has 0 fully saturated rings. The maximum atomic E-state index is 12.6. The lowest BCUT2D eigenvalue weighted by Crippen LogP contribution is -2.28. The van der Waals surface area contributed by atoms with Gasteiger partial charge in [-0.05, 0) is 18.2 Å². The molecule has 0 saturated carbocycles. The number of thiophene rings is 1. The highest BCUT2D eigenvalue weighted by atomic mass is 35.5. The largest absolute Gasteiger partial charge is 0.389 e. The molecule has 0 atom stereocenters. The summed E-state index contributed by atoms with van der Waals surface area (Å²) in [7, 11) is -2.43. The quantitative estimate of drug-likeness (QED) is 0.824. The van der Waals surface area contributed by atoms with Crippen molar-refractivity contribution in [1.82, 2.24) is 0 Å². The topological polar surface area (TPSA) is 63.4 Å². The molecule has 2 N–H and O–H groups in total. The summed E-state index contributed by atoms with van der Waals surface area (Å²) in [6, 6.07) is 8.03. The van der Waals surface area contributed by atoms with Crippen molar-refractivity contribution in [1.29, 1.82) is 0 Å². The second-order valence-corrected chi connectivity index (χ2v) is 8.71. The van der Waals surface area contributed by atoms with Crippen LogP contribution in [0.25, 0.3) is 0 Å². The zero-order chi connectivity index (χ0) is 15.8. The van der Waals surface area contributed by atoms with Gasteiger partial charge >= 0.3 is 0 Å². The molecule has 1 heterocycles. The van der Waals surface area contributed by atoms with Crippen molar-refractivity contribution in [2.45, 2.75) is 4.90 Å². The Morgan fingerprint density at radius 2 is 1.95 bits per heavy atom. The van der Waals surface area contributed by atoms with Crippen molar-refractivity contribution in [3.05, 3.63) is 44.6 Å². The predicted molar refractivity (Wildman–Crippen MR) is 92.3 cm³/mol. The smallest absolute Gasteiger partial charge is 0.266 e. The number of rotatable bonds is 4. The van der Waals surface area contributed by atoms with Crippen LogP contribution in [0.4, 0.5) is 5.69 Å². The Hall–Kier alpha value is -0.860. The third-order valence-corrected chi connectivity index (χ3v) is 6.52. The predicted octanol–water partition coefficient (Wildman–Crippen LogP) is 3.51. The number of hydrogen-bond donors (Lipinski definition) is 1. The average Bonchev–Trinajstić information content (AvgIpc) is 2.77. The highest BCUT2D eigenvalue weighted by Gasteiger charge is 2.27. The van der Waals surface area contributed by atoms with Crippen LogP contribution in [0.15, 0.2) is 35.2 Å². The number of halogens is 2. The minimum Gasteiger partial charge on any atom is -0.389 e. The first kappa shape index (κ1) is 16.5. The number of nitrogens with zero attached hydrogens (tertiary/aromatic N) is 1. The third-order valence-electron chi connectivity index (χ3n) is 2.77. The van der Waals surface area contributed by atoms with E-state index in [1.54, 1.807) is 24.3 Å². The minimum atomic E-state index is -3.85. The van der Waals surface area contributed by atoms with Gasteiger partial charge in [-0.2, -0.15) is 0 Å². The zero-order valence-electron chi connectivity index (χ0n) is 10.7. The number of para-hydroxylation sites is 1. The lowest BCUT2D eigenvalue weighted by Gasteiger charge is -2.21. The van der Waals surface area contributed by atoms with Gasteiger partial charge in [-0.1, -0.05) is 47.6 Å². The van der Waals surface area contributed by atoms with Crippen molar-refractivity contribution in [3.8, 4) is 0 Å². The average molecular weight is 381 g/mol. The summed E-state index contributed by atoms with van der Waals surface area (Å²) in [4.78, 5) is 0.0708. The zero-order valence-corrected chi connectivity index (χ0v) is 14.7. The fourth-order valence-corrected chi connectivity index (χ4v) is 5.23. The second-order valence-electron chi connectivity index (χ2n) is 4.04. The molecule has 0 aliphatic rings. The van der Waals surface area contributed by atoms with Crippen molar-refractivity contribution >= 4 is 67.5 Å². The highest BCUT2D eigenvalue weighted by Crippen LogP contribution is 2.37. The minimum absolute atomic E-state index is 0.0422. The monoisotopic (exact) mass is 380 g/mol. The van der Waals surface area contributed by atoms with E-state index in [0.29, 0.717) is 15.6 Å². The van der Waals surface area contributed by atoms with Crippen LogP contribution in [0.1, 0.15) is 5.56 Å². The molecule has 21 heavy (non-hydrogen) atoms. The number of benzene rings is 1. The van der Waals surface area contributed by atoms with Gasteiger partial charge < -0.3 is 5.73 Å². The van der Waals surface area contributed by atoms with Gasteiger partial charge in [0.15, 0.2) is 0 Å². The normalized spacial score (nSPS) is 11.4. The van der Waals surface area contributed by atoms with Crippen molar-refractivity contribution in [2.75, 3.05) is 11.4 Å². The van der Waals surface area contributed by atoms with E-state index in [9.17, 15) is 8.42 Å². The molecule has 0 aliphatic heterocycles. The van der Waals surface area contributed by atoms with E-state index in [2.05, 4.69) is 0 Å². The molecule has 9 heteroatoms. The number of thiocarbonyl (C=S) groups is 1. The summed E-state index contributed by atoms with van der Waals surface area (Å²) in [5.41, 5.74) is 6.48. The van der Waals surface area contributed by atoms with Gasteiger partial charge in [0.2, 0.25) is 0 Å². The molecule has 0 aliphatic carbocycles. The Morgan fingerprint density at radius 3 is 2.48 bits per heavy atom. The Kier molecular flexibility index (Phi) is 4.79. The maximum absolute atomic E-state index is 12.6. The molecule has 1 aromatic heterocycles. The molecule has 2 rings (SSSR count). The van der Waals surface area contributed by atoms with Crippen molar-refractivity contribution in [2.24, 2.45) is 5.73 Å². The Balaban J connectivity index is 2.56.